The summed E-state index contributed by atoms with van der Waals surface area (Å²) in [5, 5.41) is 16.8. The summed E-state index contributed by atoms with van der Waals surface area (Å²) in [7, 11) is 0. The first kappa shape index (κ1) is 13.1. The molecule has 1 amide bonds. The fraction of sp³-hybridized carbons (Fsp3) is 0.692. The van der Waals surface area contributed by atoms with Crippen LogP contribution in [-0.2, 0) is 16.1 Å². The van der Waals surface area contributed by atoms with E-state index in [2.05, 4.69) is 10.3 Å². The second-order valence-electron chi connectivity index (χ2n) is 5.60. The molecule has 3 unspecified atom stereocenters. The first-order chi connectivity index (χ1) is 9.66. The van der Waals surface area contributed by atoms with Gasteiger partial charge in [-0.25, -0.2) is 9.48 Å². The maximum absolute atomic E-state index is 12.5. The Morgan fingerprint density at radius 3 is 2.80 bits per heavy atom. The van der Waals surface area contributed by atoms with Crippen LogP contribution in [0.15, 0.2) is 12.4 Å². The van der Waals surface area contributed by atoms with Gasteiger partial charge in [-0.15, -0.1) is 5.10 Å². The Balaban J connectivity index is 1.79. The minimum absolute atomic E-state index is 0.0625. The SMILES string of the molecule is O=C(O)C1CC2CCCCC2N1C(=O)Cn1ccnn1. The van der Waals surface area contributed by atoms with Gasteiger partial charge >= 0.3 is 5.97 Å². The summed E-state index contributed by atoms with van der Waals surface area (Å²) in [6.45, 7) is 0.0625. The van der Waals surface area contributed by atoms with Gasteiger partial charge in [-0.05, 0) is 25.2 Å². The van der Waals surface area contributed by atoms with Crippen molar-refractivity contribution in [1.82, 2.24) is 19.9 Å². The van der Waals surface area contributed by atoms with Gasteiger partial charge in [0.1, 0.15) is 12.6 Å². The number of aliphatic carboxylic acids is 1. The maximum Gasteiger partial charge on any atom is 0.326 e. The molecule has 3 atom stereocenters. The van der Waals surface area contributed by atoms with Gasteiger partial charge in [0.15, 0.2) is 0 Å². The van der Waals surface area contributed by atoms with Crippen LogP contribution >= 0.6 is 0 Å². The molecule has 20 heavy (non-hydrogen) atoms. The van der Waals surface area contributed by atoms with Gasteiger partial charge in [0.25, 0.3) is 0 Å². The monoisotopic (exact) mass is 278 g/mol. The molecule has 0 radical (unpaired) electrons. The van der Waals surface area contributed by atoms with Crippen molar-refractivity contribution in [3.8, 4) is 0 Å². The van der Waals surface area contributed by atoms with Gasteiger partial charge in [0, 0.05) is 12.2 Å². The number of fused-ring (bicyclic) bond motifs is 1. The fourth-order valence-electron chi connectivity index (χ4n) is 3.58. The van der Waals surface area contributed by atoms with Crippen molar-refractivity contribution >= 4 is 11.9 Å². The largest absolute Gasteiger partial charge is 0.480 e. The van der Waals surface area contributed by atoms with Gasteiger partial charge in [0.2, 0.25) is 5.91 Å². The van der Waals surface area contributed by atoms with Crippen LogP contribution in [-0.4, -0.2) is 49.0 Å². The molecule has 2 fully saturated rings. The van der Waals surface area contributed by atoms with Gasteiger partial charge in [-0.3, -0.25) is 4.79 Å². The number of aromatic nitrogens is 3. The van der Waals surface area contributed by atoms with Crippen LogP contribution < -0.4 is 0 Å². The van der Waals surface area contributed by atoms with Gasteiger partial charge in [-0.1, -0.05) is 18.1 Å². The van der Waals surface area contributed by atoms with E-state index in [0.29, 0.717) is 12.3 Å². The van der Waals surface area contributed by atoms with E-state index in [0.717, 1.165) is 25.7 Å². The number of carbonyl (C=O) groups is 2. The molecule has 3 rings (SSSR count). The van der Waals surface area contributed by atoms with E-state index in [1.165, 1.54) is 10.9 Å². The highest BCUT2D eigenvalue weighted by atomic mass is 16.4. The molecule has 1 N–H and O–H groups in total. The lowest BCUT2D eigenvalue weighted by Crippen LogP contribution is -2.47. The lowest BCUT2D eigenvalue weighted by molar-refractivity contribution is -0.150. The highest BCUT2D eigenvalue weighted by Crippen LogP contribution is 2.39. The number of likely N-dealkylation sites (tertiary alicyclic amines) is 1. The normalized spacial score (nSPS) is 29.2. The van der Waals surface area contributed by atoms with Gasteiger partial charge in [-0.2, -0.15) is 0 Å². The number of amides is 1. The predicted octanol–water partition coefficient (Wildman–Crippen LogP) is 0.522. The van der Waals surface area contributed by atoms with E-state index >= 15 is 0 Å². The molecule has 0 aromatic carbocycles. The number of carboxylic acids is 1. The van der Waals surface area contributed by atoms with Crippen LogP contribution in [0.2, 0.25) is 0 Å². The molecule has 1 aromatic rings. The molecule has 7 heteroatoms. The second kappa shape index (κ2) is 5.22. The van der Waals surface area contributed by atoms with Gasteiger partial charge in [0.05, 0.1) is 6.20 Å². The van der Waals surface area contributed by atoms with Crippen molar-refractivity contribution in [3.63, 3.8) is 0 Å². The number of rotatable bonds is 3. The van der Waals surface area contributed by atoms with Crippen molar-refractivity contribution in [2.45, 2.75) is 50.7 Å². The Bertz CT molecular complexity index is 502. The smallest absolute Gasteiger partial charge is 0.326 e. The number of carboxylic acid groups (broad SMARTS) is 1. The number of hydrogen-bond donors (Lipinski definition) is 1. The number of hydrogen-bond acceptors (Lipinski definition) is 4. The van der Waals surface area contributed by atoms with E-state index in [9.17, 15) is 14.7 Å². The molecule has 1 aromatic heterocycles. The lowest BCUT2D eigenvalue weighted by atomic mass is 9.85. The highest BCUT2D eigenvalue weighted by molar-refractivity contribution is 5.84. The quantitative estimate of drug-likeness (QED) is 0.871. The van der Waals surface area contributed by atoms with Gasteiger partial charge < -0.3 is 10.0 Å². The summed E-state index contributed by atoms with van der Waals surface area (Å²) in [6, 6.07) is -0.597. The standard InChI is InChI=1S/C13H18N4O3/c18-12(8-16-6-5-14-15-16)17-10-4-2-1-3-9(10)7-11(17)13(19)20/h5-6,9-11H,1-4,7-8H2,(H,19,20). The lowest BCUT2D eigenvalue weighted by Gasteiger charge is -2.32. The first-order valence-corrected chi connectivity index (χ1v) is 7.05. The molecule has 2 heterocycles. The molecule has 2 aliphatic rings. The zero-order valence-electron chi connectivity index (χ0n) is 11.2. The van der Waals surface area contributed by atoms with Crippen molar-refractivity contribution in [3.05, 3.63) is 12.4 Å². The minimum Gasteiger partial charge on any atom is -0.480 e. The van der Waals surface area contributed by atoms with Crippen molar-refractivity contribution in [2.75, 3.05) is 0 Å². The average molecular weight is 278 g/mol. The molecule has 7 nitrogen and oxygen atoms in total. The molecular formula is C13H18N4O3. The highest BCUT2D eigenvalue weighted by Gasteiger charge is 2.47. The zero-order valence-corrected chi connectivity index (χ0v) is 11.2. The minimum atomic E-state index is -0.897. The number of nitrogens with zero attached hydrogens (tertiary/aromatic N) is 4. The van der Waals surface area contributed by atoms with Crippen LogP contribution in [0, 0.1) is 5.92 Å². The third kappa shape index (κ3) is 2.28. The molecule has 1 saturated carbocycles. The first-order valence-electron chi connectivity index (χ1n) is 7.05. The summed E-state index contributed by atoms with van der Waals surface area (Å²) in [4.78, 5) is 25.5. The third-order valence-corrected chi connectivity index (χ3v) is 4.43. The van der Waals surface area contributed by atoms with E-state index in [1.54, 1.807) is 11.1 Å². The molecule has 108 valence electrons. The van der Waals surface area contributed by atoms with Crippen LogP contribution in [0.25, 0.3) is 0 Å². The summed E-state index contributed by atoms with van der Waals surface area (Å²) in [5.74, 6) is -0.729. The molecule has 0 bridgehead atoms. The summed E-state index contributed by atoms with van der Waals surface area (Å²) in [5.41, 5.74) is 0. The van der Waals surface area contributed by atoms with Crippen molar-refractivity contribution < 1.29 is 14.7 Å². The summed E-state index contributed by atoms with van der Waals surface area (Å²) < 4.78 is 1.44. The van der Waals surface area contributed by atoms with E-state index in [1.807, 2.05) is 0 Å². The molecule has 1 aliphatic heterocycles. The number of carbonyl (C=O) groups excluding carboxylic acids is 1. The molecule has 1 saturated heterocycles. The van der Waals surface area contributed by atoms with Crippen LogP contribution in [0.5, 0.6) is 0 Å². The van der Waals surface area contributed by atoms with Crippen molar-refractivity contribution in [1.29, 1.82) is 0 Å². The molecule has 1 aliphatic carbocycles. The molecule has 0 spiro atoms. The topological polar surface area (TPSA) is 88.3 Å². The summed E-state index contributed by atoms with van der Waals surface area (Å²) in [6.07, 6.45) is 7.86. The predicted molar refractivity (Wildman–Crippen MR) is 68.7 cm³/mol. The zero-order chi connectivity index (χ0) is 14.1. The Labute approximate surface area is 116 Å². The Hall–Kier alpha value is -1.92. The summed E-state index contributed by atoms with van der Waals surface area (Å²) >= 11 is 0. The third-order valence-electron chi connectivity index (χ3n) is 4.43. The van der Waals surface area contributed by atoms with Crippen LogP contribution in [0.4, 0.5) is 0 Å². The van der Waals surface area contributed by atoms with E-state index in [-0.39, 0.29) is 18.5 Å². The fourth-order valence-corrected chi connectivity index (χ4v) is 3.58. The van der Waals surface area contributed by atoms with E-state index in [4.69, 9.17) is 0 Å². The Morgan fingerprint density at radius 1 is 1.30 bits per heavy atom. The van der Waals surface area contributed by atoms with E-state index < -0.39 is 12.0 Å². The maximum atomic E-state index is 12.5. The second-order valence-corrected chi connectivity index (χ2v) is 5.60. The van der Waals surface area contributed by atoms with Crippen molar-refractivity contribution in [2.24, 2.45) is 5.92 Å². The Kier molecular flexibility index (Phi) is 3.42. The molecular weight excluding hydrogens is 260 g/mol. The average Bonchev–Trinajstić information content (AvgIpc) is 3.04. The van der Waals surface area contributed by atoms with Crippen LogP contribution in [0.3, 0.4) is 0 Å². The Morgan fingerprint density at radius 2 is 2.10 bits per heavy atom. The van der Waals surface area contributed by atoms with Crippen LogP contribution in [0.1, 0.15) is 32.1 Å².